The Morgan fingerprint density at radius 1 is 1.10 bits per heavy atom. The summed E-state index contributed by atoms with van der Waals surface area (Å²) in [6.45, 7) is 0. The van der Waals surface area contributed by atoms with Crippen LogP contribution in [0.3, 0.4) is 0 Å². The fourth-order valence-electron chi connectivity index (χ4n) is 1.85. The van der Waals surface area contributed by atoms with Crippen LogP contribution in [0.2, 0.25) is 0 Å². The molecule has 0 radical (unpaired) electrons. The second kappa shape index (κ2) is 6.35. The number of carboxylic acid groups (broad SMARTS) is 1. The molecule has 0 aromatic heterocycles. The second-order valence-electron chi connectivity index (χ2n) is 4.37. The summed E-state index contributed by atoms with van der Waals surface area (Å²) >= 11 is 0. The summed E-state index contributed by atoms with van der Waals surface area (Å²) < 4.78 is 0. The molecule has 2 aromatic rings. The van der Waals surface area contributed by atoms with E-state index in [0.717, 1.165) is 0 Å². The van der Waals surface area contributed by atoms with Crippen LogP contribution >= 0.6 is 0 Å². The summed E-state index contributed by atoms with van der Waals surface area (Å²) in [4.78, 5) is 22.9. The van der Waals surface area contributed by atoms with Crippen molar-refractivity contribution < 1.29 is 14.7 Å². The largest absolute Gasteiger partial charge is 0.481 e. The van der Waals surface area contributed by atoms with Crippen LogP contribution in [0, 0.1) is 11.3 Å². The number of carbonyl (C=O) groups excluding carboxylic acids is 1. The molecule has 2 N–H and O–H groups in total. The van der Waals surface area contributed by atoms with E-state index in [4.69, 9.17) is 10.4 Å². The summed E-state index contributed by atoms with van der Waals surface area (Å²) in [5.41, 5.74) is 1.87. The third-order valence-corrected chi connectivity index (χ3v) is 2.88. The van der Waals surface area contributed by atoms with Crippen molar-refractivity contribution in [3.8, 4) is 6.07 Å². The Morgan fingerprint density at radius 3 is 2.38 bits per heavy atom. The molecule has 2 aromatic carbocycles. The van der Waals surface area contributed by atoms with Crippen LogP contribution in [-0.4, -0.2) is 17.0 Å². The van der Waals surface area contributed by atoms with Crippen LogP contribution < -0.4 is 5.32 Å². The maximum atomic E-state index is 12.1. The number of nitriles is 1. The molecule has 21 heavy (non-hydrogen) atoms. The molecule has 0 aliphatic heterocycles. The molecular weight excluding hydrogens is 268 g/mol. The summed E-state index contributed by atoms with van der Waals surface area (Å²) in [5.74, 6) is -1.31. The van der Waals surface area contributed by atoms with Gasteiger partial charge in [0.1, 0.15) is 0 Å². The predicted octanol–water partition coefficient (Wildman–Crippen LogP) is 2.44. The van der Waals surface area contributed by atoms with Crippen molar-refractivity contribution >= 4 is 17.6 Å². The predicted molar refractivity (Wildman–Crippen MR) is 76.9 cm³/mol. The van der Waals surface area contributed by atoms with Crippen molar-refractivity contribution in [2.45, 2.75) is 6.42 Å². The van der Waals surface area contributed by atoms with Crippen LogP contribution in [-0.2, 0) is 11.2 Å². The maximum Gasteiger partial charge on any atom is 0.307 e. The number of rotatable bonds is 4. The number of hydrogen-bond donors (Lipinski definition) is 2. The number of nitrogens with one attached hydrogen (secondary N) is 1. The van der Waals surface area contributed by atoms with Gasteiger partial charge in [-0.25, -0.2) is 0 Å². The van der Waals surface area contributed by atoms with E-state index in [0.29, 0.717) is 22.4 Å². The van der Waals surface area contributed by atoms with E-state index in [1.54, 1.807) is 48.5 Å². The van der Waals surface area contributed by atoms with Gasteiger partial charge in [0, 0.05) is 11.3 Å². The fraction of sp³-hybridized carbons (Fsp3) is 0.0625. The number of benzene rings is 2. The van der Waals surface area contributed by atoms with Gasteiger partial charge in [-0.2, -0.15) is 5.26 Å². The standard InChI is InChI=1S/C16H12N2O3/c17-10-11-5-7-12(8-6-11)16(21)18-14-4-2-1-3-13(14)9-15(19)20/h1-8H,9H2,(H,18,21)(H,19,20). The Kier molecular flexibility index (Phi) is 4.32. The Morgan fingerprint density at radius 2 is 1.76 bits per heavy atom. The highest BCUT2D eigenvalue weighted by Crippen LogP contribution is 2.17. The van der Waals surface area contributed by atoms with Gasteiger partial charge in [-0.1, -0.05) is 18.2 Å². The van der Waals surface area contributed by atoms with Gasteiger partial charge in [-0.3, -0.25) is 9.59 Å². The Hall–Kier alpha value is -3.13. The van der Waals surface area contributed by atoms with Crippen molar-refractivity contribution in [1.29, 1.82) is 5.26 Å². The zero-order valence-corrected chi connectivity index (χ0v) is 11.0. The molecule has 0 bridgehead atoms. The minimum Gasteiger partial charge on any atom is -0.481 e. The fourth-order valence-corrected chi connectivity index (χ4v) is 1.85. The number of amides is 1. The molecule has 5 heteroatoms. The van der Waals surface area contributed by atoms with Gasteiger partial charge in [0.25, 0.3) is 5.91 Å². The number of anilines is 1. The number of carbonyl (C=O) groups is 2. The Balaban J connectivity index is 2.19. The topological polar surface area (TPSA) is 90.2 Å². The molecule has 0 aliphatic carbocycles. The summed E-state index contributed by atoms with van der Waals surface area (Å²) in [7, 11) is 0. The van der Waals surface area contributed by atoms with Crippen LogP contribution in [0.15, 0.2) is 48.5 Å². The van der Waals surface area contributed by atoms with Gasteiger partial charge in [0.2, 0.25) is 0 Å². The minimum absolute atomic E-state index is 0.163. The summed E-state index contributed by atoms with van der Waals surface area (Å²) in [6.07, 6.45) is -0.163. The van der Waals surface area contributed by atoms with Crippen molar-refractivity contribution in [3.63, 3.8) is 0 Å². The number of carboxylic acids is 1. The quantitative estimate of drug-likeness (QED) is 0.900. The molecule has 5 nitrogen and oxygen atoms in total. The first-order chi connectivity index (χ1) is 10.1. The lowest BCUT2D eigenvalue weighted by atomic mass is 10.1. The van der Waals surface area contributed by atoms with E-state index in [-0.39, 0.29) is 12.3 Å². The average Bonchev–Trinajstić information content (AvgIpc) is 2.49. The highest BCUT2D eigenvalue weighted by molar-refractivity contribution is 6.04. The van der Waals surface area contributed by atoms with E-state index in [2.05, 4.69) is 5.32 Å². The van der Waals surface area contributed by atoms with Crippen molar-refractivity contribution in [2.24, 2.45) is 0 Å². The molecule has 0 heterocycles. The van der Waals surface area contributed by atoms with Gasteiger partial charge >= 0.3 is 5.97 Å². The molecule has 104 valence electrons. The number of para-hydroxylation sites is 1. The van der Waals surface area contributed by atoms with Gasteiger partial charge in [-0.15, -0.1) is 0 Å². The highest BCUT2D eigenvalue weighted by atomic mass is 16.4. The lowest BCUT2D eigenvalue weighted by molar-refractivity contribution is -0.136. The molecule has 2 rings (SSSR count). The SMILES string of the molecule is N#Cc1ccc(C(=O)Nc2ccccc2CC(=O)O)cc1. The molecule has 0 atom stereocenters. The Labute approximate surface area is 121 Å². The normalized spacial score (nSPS) is 9.67. The molecule has 0 saturated carbocycles. The maximum absolute atomic E-state index is 12.1. The van der Waals surface area contributed by atoms with Crippen molar-refractivity contribution in [3.05, 3.63) is 65.2 Å². The smallest absolute Gasteiger partial charge is 0.307 e. The summed E-state index contributed by atoms with van der Waals surface area (Å²) in [6, 6.07) is 14.9. The molecule has 0 fully saturated rings. The zero-order chi connectivity index (χ0) is 15.2. The first-order valence-electron chi connectivity index (χ1n) is 6.21. The first kappa shape index (κ1) is 14.3. The second-order valence-corrected chi connectivity index (χ2v) is 4.37. The average molecular weight is 280 g/mol. The lowest BCUT2D eigenvalue weighted by Crippen LogP contribution is -2.14. The van der Waals surface area contributed by atoms with E-state index in [1.807, 2.05) is 6.07 Å². The summed E-state index contributed by atoms with van der Waals surface area (Å²) in [5, 5.41) is 20.3. The third kappa shape index (κ3) is 3.67. The molecular formula is C16H12N2O3. The van der Waals surface area contributed by atoms with Gasteiger partial charge < -0.3 is 10.4 Å². The minimum atomic E-state index is -0.963. The monoisotopic (exact) mass is 280 g/mol. The van der Waals surface area contributed by atoms with Gasteiger partial charge in [0.05, 0.1) is 18.1 Å². The zero-order valence-electron chi connectivity index (χ0n) is 11.0. The van der Waals surface area contributed by atoms with E-state index >= 15 is 0 Å². The molecule has 0 unspecified atom stereocenters. The third-order valence-electron chi connectivity index (χ3n) is 2.88. The number of hydrogen-bond acceptors (Lipinski definition) is 3. The van der Waals surface area contributed by atoms with Crippen LogP contribution in [0.1, 0.15) is 21.5 Å². The van der Waals surface area contributed by atoms with Crippen LogP contribution in [0.4, 0.5) is 5.69 Å². The van der Waals surface area contributed by atoms with Crippen LogP contribution in [0.25, 0.3) is 0 Å². The van der Waals surface area contributed by atoms with Crippen molar-refractivity contribution in [2.75, 3.05) is 5.32 Å². The van der Waals surface area contributed by atoms with Gasteiger partial charge in [-0.05, 0) is 35.9 Å². The first-order valence-corrected chi connectivity index (χ1v) is 6.21. The van der Waals surface area contributed by atoms with E-state index < -0.39 is 5.97 Å². The van der Waals surface area contributed by atoms with Crippen molar-refractivity contribution in [1.82, 2.24) is 0 Å². The number of aliphatic carboxylic acids is 1. The van der Waals surface area contributed by atoms with E-state index in [1.165, 1.54) is 0 Å². The molecule has 0 spiro atoms. The molecule has 0 aliphatic rings. The highest BCUT2D eigenvalue weighted by Gasteiger charge is 2.10. The van der Waals surface area contributed by atoms with Gasteiger partial charge in [0.15, 0.2) is 0 Å². The van der Waals surface area contributed by atoms with E-state index in [9.17, 15) is 9.59 Å². The lowest BCUT2D eigenvalue weighted by Gasteiger charge is -2.09. The van der Waals surface area contributed by atoms with Crippen LogP contribution in [0.5, 0.6) is 0 Å². The molecule has 1 amide bonds. The Bertz CT molecular complexity index is 715. The number of nitrogens with zero attached hydrogens (tertiary/aromatic N) is 1. The molecule has 0 saturated heterocycles.